The molecule has 1 aromatic rings. The number of aromatic nitrogens is 1. The molecule has 1 saturated heterocycles. The van der Waals surface area contributed by atoms with Crippen LogP contribution in [0, 0.1) is 0 Å². The molecule has 0 bridgehead atoms. The Kier molecular flexibility index (Phi) is 2.40. The number of nitrogens with zero attached hydrogens (tertiary/aromatic N) is 3. The molecule has 3 aliphatic rings. The zero-order chi connectivity index (χ0) is 15.1. The lowest BCUT2D eigenvalue weighted by molar-refractivity contribution is 0.0861. The molecular weight excluding hydrogens is 336 g/mol. The van der Waals surface area contributed by atoms with Gasteiger partial charge < -0.3 is 19.7 Å². The van der Waals surface area contributed by atoms with Gasteiger partial charge in [0, 0.05) is 14.1 Å². The van der Waals surface area contributed by atoms with E-state index in [2.05, 4.69) is 32.7 Å². The highest BCUT2D eigenvalue weighted by molar-refractivity contribution is 9.10. The van der Waals surface area contributed by atoms with Gasteiger partial charge in [-0.2, -0.15) is 0 Å². The van der Waals surface area contributed by atoms with Crippen LogP contribution in [0.4, 0.5) is 4.79 Å². The van der Waals surface area contributed by atoms with E-state index in [1.54, 1.807) is 4.90 Å². The average Bonchev–Trinajstić information content (AvgIpc) is 3.00. The van der Waals surface area contributed by atoms with E-state index in [9.17, 15) is 9.59 Å². The van der Waals surface area contributed by atoms with Gasteiger partial charge in [-0.25, -0.2) is 4.79 Å². The molecule has 1 N–H and O–H groups in total. The van der Waals surface area contributed by atoms with Crippen molar-refractivity contribution in [2.24, 2.45) is 0 Å². The van der Waals surface area contributed by atoms with Crippen molar-refractivity contribution in [1.29, 1.82) is 0 Å². The van der Waals surface area contributed by atoms with Crippen LogP contribution < -0.4 is 5.32 Å². The van der Waals surface area contributed by atoms with Crippen molar-refractivity contribution in [2.75, 3.05) is 14.1 Å². The second kappa shape index (κ2) is 3.82. The molecule has 4 atom stereocenters. The molecule has 2 aliphatic heterocycles. The highest BCUT2D eigenvalue weighted by atomic mass is 79.9. The first-order valence-corrected chi connectivity index (χ1v) is 7.84. The first kappa shape index (κ1) is 13.2. The van der Waals surface area contributed by atoms with Crippen molar-refractivity contribution in [3.8, 4) is 0 Å². The first-order valence-electron chi connectivity index (χ1n) is 7.04. The molecule has 2 fully saturated rings. The van der Waals surface area contributed by atoms with Gasteiger partial charge in [-0.3, -0.25) is 4.79 Å². The molecule has 1 aromatic heterocycles. The first-order chi connectivity index (χ1) is 9.86. The largest absolute Gasteiger partial charge is 0.344 e. The Balaban J connectivity index is 1.86. The number of fused-ring (bicyclic) bond motifs is 5. The van der Waals surface area contributed by atoms with Crippen LogP contribution in [0.3, 0.4) is 0 Å². The van der Waals surface area contributed by atoms with Gasteiger partial charge in [0.15, 0.2) is 0 Å². The Hall–Kier alpha value is -1.50. The lowest BCUT2D eigenvalue weighted by Gasteiger charge is -2.35. The minimum Gasteiger partial charge on any atom is -0.344 e. The van der Waals surface area contributed by atoms with Gasteiger partial charge in [0.2, 0.25) is 0 Å². The van der Waals surface area contributed by atoms with Crippen LogP contribution in [0.5, 0.6) is 0 Å². The molecule has 0 aromatic carbocycles. The monoisotopic (exact) mass is 352 g/mol. The van der Waals surface area contributed by atoms with Crippen LogP contribution in [0.2, 0.25) is 0 Å². The summed E-state index contributed by atoms with van der Waals surface area (Å²) in [6, 6.07) is 3.86. The summed E-state index contributed by atoms with van der Waals surface area (Å²) in [6.45, 7) is 2.11. The van der Waals surface area contributed by atoms with Gasteiger partial charge in [-0.1, -0.05) is 0 Å². The van der Waals surface area contributed by atoms with Crippen molar-refractivity contribution >= 4 is 27.9 Å². The van der Waals surface area contributed by atoms with E-state index in [0.717, 1.165) is 11.0 Å². The smallest absolute Gasteiger partial charge is 0.320 e. The summed E-state index contributed by atoms with van der Waals surface area (Å²) in [7, 11) is 3.67. The van der Waals surface area contributed by atoms with Gasteiger partial charge in [0.1, 0.15) is 5.69 Å². The maximum absolute atomic E-state index is 12.3. The molecule has 0 spiro atoms. The fourth-order valence-electron chi connectivity index (χ4n) is 4.43. The van der Waals surface area contributed by atoms with Gasteiger partial charge >= 0.3 is 6.03 Å². The minimum atomic E-state index is -0.264. The van der Waals surface area contributed by atoms with Crippen LogP contribution >= 0.6 is 15.9 Å². The number of amides is 3. The molecule has 4 rings (SSSR count). The molecule has 0 unspecified atom stereocenters. The molecule has 112 valence electrons. The number of hydrogen-bond acceptors (Lipinski definition) is 2. The Morgan fingerprint density at radius 1 is 1.33 bits per heavy atom. The van der Waals surface area contributed by atoms with Crippen molar-refractivity contribution in [2.45, 2.75) is 37.0 Å². The fourth-order valence-corrected chi connectivity index (χ4v) is 5.02. The van der Waals surface area contributed by atoms with Crippen LogP contribution in [-0.2, 0) is 0 Å². The number of urea groups is 1. The molecular formula is C14H17BrN4O2. The quantitative estimate of drug-likeness (QED) is 0.767. The number of nitrogens with one attached hydrogen (secondary N) is 1. The molecule has 3 heterocycles. The number of halogens is 1. The summed E-state index contributed by atoms with van der Waals surface area (Å²) in [6.07, 6.45) is 0.829. The van der Waals surface area contributed by atoms with E-state index < -0.39 is 0 Å². The van der Waals surface area contributed by atoms with Crippen LogP contribution in [0.25, 0.3) is 0 Å². The zero-order valence-electron chi connectivity index (χ0n) is 12.1. The van der Waals surface area contributed by atoms with E-state index in [1.165, 1.54) is 0 Å². The summed E-state index contributed by atoms with van der Waals surface area (Å²) < 4.78 is 2.99. The van der Waals surface area contributed by atoms with Gasteiger partial charge in [-0.05, 0) is 41.4 Å². The van der Waals surface area contributed by atoms with Crippen LogP contribution in [0.15, 0.2) is 16.7 Å². The van der Waals surface area contributed by atoms with Gasteiger partial charge in [0.25, 0.3) is 5.91 Å². The van der Waals surface area contributed by atoms with Crippen molar-refractivity contribution in [1.82, 2.24) is 19.7 Å². The predicted octanol–water partition coefficient (Wildman–Crippen LogP) is 1.43. The minimum absolute atomic E-state index is 0.00796. The number of rotatable bonds is 0. The molecule has 1 saturated carbocycles. The average molecular weight is 353 g/mol. The highest BCUT2D eigenvalue weighted by Crippen LogP contribution is 2.50. The summed E-state index contributed by atoms with van der Waals surface area (Å²) in [5.74, 6) is -0.0680. The second-order valence-corrected chi connectivity index (χ2v) is 7.25. The second-order valence-electron chi connectivity index (χ2n) is 6.44. The number of hydrogen-bond donors (Lipinski definition) is 1. The molecule has 21 heavy (non-hydrogen) atoms. The zero-order valence-corrected chi connectivity index (χ0v) is 13.7. The predicted molar refractivity (Wildman–Crippen MR) is 80.2 cm³/mol. The third-order valence-corrected chi connectivity index (χ3v) is 6.16. The third kappa shape index (κ3) is 1.38. The van der Waals surface area contributed by atoms with Crippen LogP contribution in [0.1, 0.15) is 29.9 Å². The summed E-state index contributed by atoms with van der Waals surface area (Å²) >= 11 is 3.54. The fraction of sp³-hybridized carbons (Fsp3) is 0.571. The normalized spacial score (nSPS) is 37.4. The lowest BCUT2D eigenvalue weighted by Crippen LogP contribution is -2.55. The number of carbonyl (C=O) groups excluding carboxylic acids is 2. The van der Waals surface area contributed by atoms with Gasteiger partial charge in [-0.15, -0.1) is 0 Å². The number of likely N-dealkylation sites (N-methyl/N-ethyl adjacent to an activating group) is 2. The maximum Gasteiger partial charge on any atom is 0.320 e. The van der Waals surface area contributed by atoms with E-state index in [1.807, 2.05) is 31.1 Å². The third-order valence-electron chi connectivity index (χ3n) is 5.52. The van der Waals surface area contributed by atoms with Crippen molar-refractivity contribution in [3.63, 3.8) is 0 Å². The Morgan fingerprint density at radius 3 is 2.76 bits per heavy atom. The van der Waals surface area contributed by atoms with Crippen molar-refractivity contribution in [3.05, 3.63) is 22.4 Å². The number of carbonyl (C=O) groups is 2. The highest BCUT2D eigenvalue weighted by Gasteiger charge is 2.63. The Morgan fingerprint density at radius 2 is 2.05 bits per heavy atom. The summed E-state index contributed by atoms with van der Waals surface area (Å²) in [5, 5.41) is 3.11. The maximum atomic E-state index is 12.3. The Labute approximate surface area is 131 Å². The van der Waals surface area contributed by atoms with E-state index in [0.29, 0.717) is 5.69 Å². The molecule has 3 amide bonds. The molecule has 0 radical (unpaired) electrons. The Bertz CT molecular complexity index is 672. The van der Waals surface area contributed by atoms with Crippen molar-refractivity contribution < 1.29 is 9.59 Å². The summed E-state index contributed by atoms with van der Waals surface area (Å²) in [4.78, 5) is 28.2. The van der Waals surface area contributed by atoms with Gasteiger partial charge in [0.05, 0.1) is 28.3 Å². The standard InChI is InChI=1S/C14H17BrN4O2/c1-14-6-8-10(11(14)17(2)13(21)18(14)3)16-12(20)7-4-5-9(15)19(7)8/h4-5,8,10-11H,6H2,1-3H3,(H,16,20)/t8-,10-,11+,14-/m1/s1. The molecule has 1 aliphatic carbocycles. The van der Waals surface area contributed by atoms with E-state index in [4.69, 9.17) is 0 Å². The van der Waals surface area contributed by atoms with E-state index in [-0.39, 0.29) is 35.6 Å². The topological polar surface area (TPSA) is 57.6 Å². The summed E-state index contributed by atoms with van der Waals surface area (Å²) in [5.41, 5.74) is 0.420. The molecule has 6 nitrogen and oxygen atoms in total. The van der Waals surface area contributed by atoms with E-state index >= 15 is 0 Å². The molecule has 7 heteroatoms. The SMILES string of the molecule is CN1C(=O)N(C)[C@]2(C)C[C@@H]3[C@@H](NC(=O)c4ccc(Br)n43)[C@H]12. The van der Waals surface area contributed by atoms with Crippen LogP contribution in [-0.4, -0.2) is 58.0 Å². The lowest BCUT2D eigenvalue weighted by atomic mass is 9.94.